The minimum atomic E-state index is 0. The van der Waals surface area contributed by atoms with E-state index in [1.54, 1.807) is 6.42 Å². The molecule has 3 rings (SSSR count). The Morgan fingerprint density at radius 2 is 1.50 bits per heavy atom. The minimum absolute atomic E-state index is 0. The zero-order chi connectivity index (χ0) is 12.1. The van der Waals surface area contributed by atoms with Crippen molar-refractivity contribution in [3.8, 4) is 0 Å². The van der Waals surface area contributed by atoms with Crippen LogP contribution in [0.25, 0.3) is 0 Å². The van der Waals surface area contributed by atoms with Crippen LogP contribution in [0.1, 0.15) is 52.4 Å². The second-order valence-corrected chi connectivity index (χ2v) is 5.88. The molecule has 3 N–H and O–H groups in total. The van der Waals surface area contributed by atoms with Gasteiger partial charge in [-0.2, -0.15) is 0 Å². The average Bonchev–Trinajstić information content (AvgIpc) is 2.99. The zero-order valence-electron chi connectivity index (χ0n) is 12.4. The van der Waals surface area contributed by atoms with E-state index in [0.717, 1.165) is 31.1 Å². The summed E-state index contributed by atoms with van der Waals surface area (Å²) in [5.41, 5.74) is 0. The Hall–Kier alpha value is -0.120. The molecule has 2 saturated carbocycles. The second kappa shape index (κ2) is 8.13. The fourth-order valence-corrected chi connectivity index (χ4v) is 3.28. The predicted octanol–water partition coefficient (Wildman–Crippen LogP) is 3.48. The molecule has 1 unspecified atom stereocenters. The van der Waals surface area contributed by atoms with Gasteiger partial charge in [-0.05, 0) is 31.1 Å². The van der Waals surface area contributed by atoms with E-state index in [4.69, 9.17) is 4.74 Å². The monoisotopic (exact) mass is 256 g/mol. The van der Waals surface area contributed by atoms with Gasteiger partial charge in [-0.1, -0.05) is 33.1 Å². The molecule has 108 valence electrons. The molecule has 0 radical (unpaired) electrons. The summed E-state index contributed by atoms with van der Waals surface area (Å²) < 4.78 is 5.36. The van der Waals surface area contributed by atoms with Crippen LogP contribution < -0.4 is 6.15 Å². The van der Waals surface area contributed by atoms with Crippen LogP contribution in [-0.2, 0) is 4.74 Å². The minimum Gasteiger partial charge on any atom is -0.379 e. The van der Waals surface area contributed by atoms with E-state index in [9.17, 15) is 0 Å². The number of fused-ring (bicyclic) bond motifs is 1. The van der Waals surface area contributed by atoms with Crippen LogP contribution >= 0.6 is 0 Å². The van der Waals surface area contributed by atoms with E-state index in [0.29, 0.717) is 0 Å². The molecular formula is C15H32N2O. The van der Waals surface area contributed by atoms with Gasteiger partial charge in [-0.3, -0.25) is 4.90 Å². The molecule has 2 aliphatic carbocycles. The number of morpholine rings is 1. The van der Waals surface area contributed by atoms with Crippen molar-refractivity contribution in [1.29, 1.82) is 0 Å². The Labute approximate surface area is 113 Å². The topological polar surface area (TPSA) is 47.5 Å². The quantitative estimate of drug-likeness (QED) is 0.841. The van der Waals surface area contributed by atoms with Crippen molar-refractivity contribution in [3.05, 3.63) is 0 Å². The molecule has 0 amide bonds. The maximum absolute atomic E-state index is 5.36. The first-order valence-electron chi connectivity index (χ1n) is 7.67. The van der Waals surface area contributed by atoms with Crippen LogP contribution in [0.4, 0.5) is 0 Å². The van der Waals surface area contributed by atoms with Crippen LogP contribution in [0.2, 0.25) is 0 Å². The van der Waals surface area contributed by atoms with Gasteiger partial charge in [0, 0.05) is 19.1 Å². The van der Waals surface area contributed by atoms with Gasteiger partial charge in [0.2, 0.25) is 0 Å². The van der Waals surface area contributed by atoms with Crippen LogP contribution in [0.15, 0.2) is 0 Å². The fraction of sp³-hybridized carbons (Fsp3) is 1.00. The summed E-state index contributed by atoms with van der Waals surface area (Å²) in [4.78, 5) is 2.65. The molecule has 3 fully saturated rings. The summed E-state index contributed by atoms with van der Waals surface area (Å²) >= 11 is 0. The fourth-order valence-electron chi connectivity index (χ4n) is 3.28. The second-order valence-electron chi connectivity index (χ2n) is 5.88. The van der Waals surface area contributed by atoms with Crippen molar-refractivity contribution in [2.75, 3.05) is 26.3 Å². The van der Waals surface area contributed by atoms with Gasteiger partial charge < -0.3 is 10.9 Å². The Morgan fingerprint density at radius 3 is 1.94 bits per heavy atom. The van der Waals surface area contributed by atoms with Gasteiger partial charge in [-0.25, -0.2) is 0 Å². The van der Waals surface area contributed by atoms with Crippen LogP contribution in [0.3, 0.4) is 0 Å². The molecule has 3 aliphatic rings. The van der Waals surface area contributed by atoms with Crippen LogP contribution in [0, 0.1) is 11.8 Å². The Balaban J connectivity index is 0.000000238. The Bertz CT molecular complexity index is 205. The van der Waals surface area contributed by atoms with Crippen molar-refractivity contribution in [2.45, 2.75) is 58.4 Å². The number of nitrogens with zero attached hydrogens (tertiary/aromatic N) is 1. The molecule has 3 nitrogen and oxygen atoms in total. The molecule has 1 aliphatic heterocycles. The lowest BCUT2D eigenvalue weighted by Gasteiger charge is -2.32. The summed E-state index contributed by atoms with van der Waals surface area (Å²) in [5.74, 6) is 2.25. The largest absolute Gasteiger partial charge is 0.379 e. The highest BCUT2D eigenvalue weighted by Gasteiger charge is 2.47. The maximum Gasteiger partial charge on any atom is 0.0594 e. The Kier molecular flexibility index (Phi) is 7.20. The first kappa shape index (κ1) is 15.9. The highest BCUT2D eigenvalue weighted by atomic mass is 16.5. The van der Waals surface area contributed by atoms with E-state index in [2.05, 4.69) is 18.7 Å². The maximum atomic E-state index is 5.36. The van der Waals surface area contributed by atoms with Gasteiger partial charge in [-0.15, -0.1) is 0 Å². The summed E-state index contributed by atoms with van der Waals surface area (Å²) in [6.07, 6.45) is 8.60. The smallest absolute Gasteiger partial charge is 0.0594 e. The van der Waals surface area contributed by atoms with E-state index in [1.165, 1.54) is 45.2 Å². The average molecular weight is 256 g/mol. The van der Waals surface area contributed by atoms with Crippen molar-refractivity contribution < 1.29 is 4.74 Å². The number of hydrogen-bond acceptors (Lipinski definition) is 3. The number of hydrogen-bond donors (Lipinski definition) is 1. The number of rotatable bonds is 3. The van der Waals surface area contributed by atoms with E-state index >= 15 is 0 Å². The molecule has 1 saturated heterocycles. The number of ether oxygens (including phenoxy) is 1. The van der Waals surface area contributed by atoms with E-state index in [1.807, 2.05) is 0 Å². The summed E-state index contributed by atoms with van der Waals surface area (Å²) in [6.45, 7) is 8.72. The summed E-state index contributed by atoms with van der Waals surface area (Å²) in [7, 11) is 0. The highest BCUT2D eigenvalue weighted by molar-refractivity contribution is 4.99. The summed E-state index contributed by atoms with van der Waals surface area (Å²) in [6, 6.07) is 0.928. The lowest BCUT2D eigenvalue weighted by Crippen LogP contribution is -2.42. The predicted molar refractivity (Wildman–Crippen MR) is 77.2 cm³/mol. The lowest BCUT2D eigenvalue weighted by atomic mass is 10.1. The molecular weight excluding hydrogens is 224 g/mol. The third-order valence-electron chi connectivity index (χ3n) is 4.49. The van der Waals surface area contributed by atoms with Crippen molar-refractivity contribution in [1.82, 2.24) is 11.1 Å². The highest BCUT2D eigenvalue weighted by Crippen LogP contribution is 2.53. The van der Waals surface area contributed by atoms with Gasteiger partial charge >= 0.3 is 0 Å². The van der Waals surface area contributed by atoms with Gasteiger partial charge in [0.15, 0.2) is 0 Å². The molecule has 3 atom stereocenters. The Morgan fingerprint density at radius 1 is 0.944 bits per heavy atom. The van der Waals surface area contributed by atoms with Crippen molar-refractivity contribution >= 4 is 0 Å². The molecule has 1 heterocycles. The van der Waals surface area contributed by atoms with Crippen molar-refractivity contribution in [3.63, 3.8) is 0 Å². The third kappa shape index (κ3) is 4.52. The van der Waals surface area contributed by atoms with Crippen LogP contribution in [-0.4, -0.2) is 37.2 Å². The first-order valence-corrected chi connectivity index (χ1v) is 7.67. The SMILES string of the molecule is C1CN(C2C[C@@H]3C[C@@H]3C2)CCO1.CCCCC.N. The third-order valence-corrected chi connectivity index (χ3v) is 4.49. The van der Waals surface area contributed by atoms with E-state index in [-0.39, 0.29) is 6.15 Å². The normalized spacial score (nSPS) is 34.0. The first-order chi connectivity index (χ1) is 8.35. The van der Waals surface area contributed by atoms with Crippen LogP contribution in [0.5, 0.6) is 0 Å². The molecule has 0 aromatic carbocycles. The van der Waals surface area contributed by atoms with Gasteiger partial charge in [0.05, 0.1) is 13.2 Å². The molecule has 0 aromatic rings. The molecule has 0 aromatic heterocycles. The lowest BCUT2D eigenvalue weighted by molar-refractivity contribution is 0.0155. The molecule has 0 spiro atoms. The van der Waals surface area contributed by atoms with E-state index < -0.39 is 0 Å². The molecule has 3 heteroatoms. The summed E-state index contributed by atoms with van der Waals surface area (Å²) in [5, 5.41) is 0. The van der Waals surface area contributed by atoms with Gasteiger partial charge in [0.1, 0.15) is 0 Å². The number of unbranched alkanes of at least 4 members (excludes halogenated alkanes) is 2. The molecule has 18 heavy (non-hydrogen) atoms. The van der Waals surface area contributed by atoms with Gasteiger partial charge in [0.25, 0.3) is 0 Å². The standard InChI is InChI=1S/C10H17NO.C5H12.H3N/c1-3-12-4-2-11(1)10-6-8-5-9(8)7-10;1-3-5-4-2;/h8-10H,1-7H2;3-5H2,1-2H3;1H3/t8-,9+,10?;;. The molecule has 0 bridgehead atoms. The van der Waals surface area contributed by atoms with Crippen molar-refractivity contribution in [2.24, 2.45) is 11.8 Å². The zero-order valence-corrected chi connectivity index (χ0v) is 12.4.